The molecule has 0 radical (unpaired) electrons. The van der Waals surface area contributed by atoms with Crippen LogP contribution in [0.4, 0.5) is 0 Å². The SMILES string of the molecule is CCCCCOC(=O)C(N)(CN)C(=O)O. The largest absolute Gasteiger partial charge is 0.479 e. The van der Waals surface area contributed by atoms with Crippen molar-refractivity contribution < 1.29 is 19.4 Å². The summed E-state index contributed by atoms with van der Waals surface area (Å²) in [6.07, 6.45) is 2.60. The molecule has 0 aliphatic heterocycles. The van der Waals surface area contributed by atoms with Gasteiger partial charge < -0.3 is 21.3 Å². The maximum absolute atomic E-state index is 11.3. The van der Waals surface area contributed by atoms with Crippen molar-refractivity contribution in [1.29, 1.82) is 0 Å². The fraction of sp³-hybridized carbons (Fsp3) is 0.778. The Morgan fingerprint density at radius 1 is 1.40 bits per heavy atom. The molecule has 5 N–H and O–H groups in total. The summed E-state index contributed by atoms with van der Waals surface area (Å²) in [5, 5.41) is 8.70. The predicted molar refractivity (Wildman–Crippen MR) is 54.1 cm³/mol. The van der Waals surface area contributed by atoms with Crippen molar-refractivity contribution in [2.24, 2.45) is 11.5 Å². The highest BCUT2D eigenvalue weighted by atomic mass is 16.5. The van der Waals surface area contributed by atoms with E-state index in [4.69, 9.17) is 21.3 Å². The molecule has 1 unspecified atom stereocenters. The third-order valence-corrected chi connectivity index (χ3v) is 2.05. The lowest BCUT2D eigenvalue weighted by Crippen LogP contribution is -2.60. The van der Waals surface area contributed by atoms with Gasteiger partial charge in [0.25, 0.3) is 0 Å². The fourth-order valence-electron chi connectivity index (χ4n) is 0.904. The molecule has 1 atom stereocenters. The molecule has 0 aromatic rings. The number of esters is 1. The third kappa shape index (κ3) is 3.85. The Bertz CT molecular complexity index is 232. The van der Waals surface area contributed by atoms with Gasteiger partial charge in [-0.25, -0.2) is 9.59 Å². The van der Waals surface area contributed by atoms with Crippen molar-refractivity contribution in [3.63, 3.8) is 0 Å². The molecule has 6 heteroatoms. The van der Waals surface area contributed by atoms with Gasteiger partial charge in [0, 0.05) is 6.54 Å². The quantitative estimate of drug-likeness (QED) is 0.300. The summed E-state index contributed by atoms with van der Waals surface area (Å²) in [5.74, 6) is -2.45. The van der Waals surface area contributed by atoms with Gasteiger partial charge in [0.15, 0.2) is 0 Å². The number of ether oxygens (including phenoxy) is 1. The van der Waals surface area contributed by atoms with E-state index in [2.05, 4.69) is 0 Å². The zero-order valence-electron chi connectivity index (χ0n) is 8.86. The van der Waals surface area contributed by atoms with Crippen molar-refractivity contribution in [3.8, 4) is 0 Å². The van der Waals surface area contributed by atoms with Gasteiger partial charge in [-0.15, -0.1) is 0 Å². The molecular weight excluding hydrogens is 200 g/mol. The monoisotopic (exact) mass is 218 g/mol. The van der Waals surface area contributed by atoms with Crippen LogP contribution < -0.4 is 11.5 Å². The third-order valence-electron chi connectivity index (χ3n) is 2.05. The Kier molecular flexibility index (Phi) is 5.88. The zero-order chi connectivity index (χ0) is 11.9. The molecule has 0 aliphatic rings. The predicted octanol–water partition coefficient (Wildman–Crippen LogP) is -0.539. The fourth-order valence-corrected chi connectivity index (χ4v) is 0.904. The molecule has 0 aromatic carbocycles. The van der Waals surface area contributed by atoms with Crippen molar-refractivity contribution in [2.45, 2.75) is 31.7 Å². The second-order valence-corrected chi connectivity index (χ2v) is 3.32. The number of hydrogen-bond acceptors (Lipinski definition) is 5. The minimum atomic E-state index is -2.12. The molecule has 0 amide bonds. The van der Waals surface area contributed by atoms with E-state index >= 15 is 0 Å². The van der Waals surface area contributed by atoms with Crippen molar-refractivity contribution in [2.75, 3.05) is 13.2 Å². The lowest BCUT2D eigenvalue weighted by Gasteiger charge is -2.20. The Morgan fingerprint density at radius 2 is 2.00 bits per heavy atom. The normalized spacial score (nSPS) is 14.3. The lowest BCUT2D eigenvalue weighted by molar-refractivity contribution is -0.160. The minimum absolute atomic E-state index is 0.179. The summed E-state index contributed by atoms with van der Waals surface area (Å²) < 4.78 is 4.74. The zero-order valence-corrected chi connectivity index (χ0v) is 8.86. The molecule has 0 aliphatic carbocycles. The molecule has 0 bridgehead atoms. The average molecular weight is 218 g/mol. The first-order valence-corrected chi connectivity index (χ1v) is 4.88. The Hall–Kier alpha value is -1.14. The summed E-state index contributed by atoms with van der Waals surface area (Å²) in [4.78, 5) is 22.0. The summed E-state index contributed by atoms with van der Waals surface area (Å²) >= 11 is 0. The molecule has 0 rings (SSSR count). The van der Waals surface area contributed by atoms with Gasteiger partial charge in [-0.2, -0.15) is 0 Å². The molecule has 0 saturated heterocycles. The van der Waals surface area contributed by atoms with E-state index in [1.165, 1.54) is 0 Å². The first-order chi connectivity index (χ1) is 6.99. The van der Waals surface area contributed by atoms with Crippen molar-refractivity contribution >= 4 is 11.9 Å². The number of unbranched alkanes of at least 4 members (excludes halogenated alkanes) is 2. The smallest absolute Gasteiger partial charge is 0.339 e. The first-order valence-electron chi connectivity index (χ1n) is 4.88. The molecule has 0 spiro atoms. The van der Waals surface area contributed by atoms with Crippen molar-refractivity contribution in [1.82, 2.24) is 0 Å². The highest BCUT2D eigenvalue weighted by Crippen LogP contribution is 2.04. The second-order valence-electron chi connectivity index (χ2n) is 3.32. The molecule has 0 heterocycles. The summed E-state index contributed by atoms with van der Waals surface area (Å²) in [5.41, 5.74) is 8.31. The van der Waals surface area contributed by atoms with Gasteiger partial charge in [0.2, 0.25) is 5.54 Å². The lowest BCUT2D eigenvalue weighted by atomic mass is 10.0. The molecular formula is C9H18N2O4. The number of nitrogens with two attached hydrogens (primary N) is 2. The number of hydrogen-bond donors (Lipinski definition) is 3. The molecule has 88 valence electrons. The summed E-state index contributed by atoms with van der Waals surface area (Å²) in [6.45, 7) is 1.71. The average Bonchev–Trinajstić information content (AvgIpc) is 2.22. The van der Waals surface area contributed by atoms with Gasteiger partial charge in [-0.3, -0.25) is 0 Å². The van der Waals surface area contributed by atoms with Crippen LogP contribution in [0.15, 0.2) is 0 Å². The van der Waals surface area contributed by atoms with Gasteiger partial charge >= 0.3 is 11.9 Å². The topological polar surface area (TPSA) is 116 Å². The summed E-state index contributed by atoms with van der Waals surface area (Å²) in [7, 11) is 0. The van der Waals surface area contributed by atoms with Crippen LogP contribution in [0.3, 0.4) is 0 Å². The maximum atomic E-state index is 11.3. The van der Waals surface area contributed by atoms with Gasteiger partial charge in [0.05, 0.1) is 6.61 Å². The highest BCUT2D eigenvalue weighted by molar-refractivity contribution is 6.04. The number of carbonyl (C=O) groups is 2. The van der Waals surface area contributed by atoms with Crippen LogP contribution in [-0.2, 0) is 14.3 Å². The standard InChI is InChI=1S/C9H18N2O4/c1-2-3-4-5-15-8(14)9(11,6-10)7(12)13/h2-6,10-11H2,1H3,(H,12,13). The highest BCUT2D eigenvalue weighted by Gasteiger charge is 2.42. The maximum Gasteiger partial charge on any atom is 0.339 e. The van der Waals surface area contributed by atoms with E-state index in [0.717, 1.165) is 12.8 Å². The van der Waals surface area contributed by atoms with E-state index in [1.54, 1.807) is 0 Å². The Morgan fingerprint density at radius 3 is 2.40 bits per heavy atom. The van der Waals surface area contributed by atoms with Gasteiger partial charge in [-0.05, 0) is 6.42 Å². The van der Waals surface area contributed by atoms with Gasteiger partial charge in [0.1, 0.15) is 0 Å². The summed E-state index contributed by atoms with van der Waals surface area (Å²) in [6, 6.07) is 0. The number of rotatable bonds is 7. The van der Waals surface area contributed by atoms with E-state index in [1.807, 2.05) is 6.92 Å². The Labute approximate surface area is 88.6 Å². The van der Waals surface area contributed by atoms with Crippen LogP contribution in [-0.4, -0.2) is 35.7 Å². The minimum Gasteiger partial charge on any atom is -0.479 e. The number of carboxylic acids is 1. The van der Waals surface area contributed by atoms with Crippen LogP contribution >= 0.6 is 0 Å². The van der Waals surface area contributed by atoms with E-state index in [-0.39, 0.29) is 6.61 Å². The molecule has 0 aromatic heterocycles. The Balaban J connectivity index is 4.11. The first kappa shape index (κ1) is 13.9. The molecule has 15 heavy (non-hydrogen) atoms. The number of carbonyl (C=O) groups excluding carboxylic acids is 1. The number of carboxylic acid groups (broad SMARTS) is 1. The van der Waals surface area contributed by atoms with E-state index in [9.17, 15) is 9.59 Å². The molecule has 0 saturated carbocycles. The van der Waals surface area contributed by atoms with Crippen molar-refractivity contribution in [3.05, 3.63) is 0 Å². The molecule has 6 nitrogen and oxygen atoms in total. The van der Waals surface area contributed by atoms with Gasteiger partial charge in [-0.1, -0.05) is 19.8 Å². The van der Waals surface area contributed by atoms with Crippen LogP contribution in [0.5, 0.6) is 0 Å². The van der Waals surface area contributed by atoms with E-state index in [0.29, 0.717) is 6.42 Å². The van der Waals surface area contributed by atoms with E-state index < -0.39 is 24.0 Å². The van der Waals surface area contributed by atoms with Crippen LogP contribution in [0.1, 0.15) is 26.2 Å². The number of aliphatic carboxylic acids is 1. The second kappa shape index (κ2) is 6.36. The van der Waals surface area contributed by atoms with Crippen LogP contribution in [0, 0.1) is 0 Å². The van der Waals surface area contributed by atoms with Crippen LogP contribution in [0.25, 0.3) is 0 Å². The van der Waals surface area contributed by atoms with Crippen LogP contribution in [0.2, 0.25) is 0 Å². The molecule has 0 fully saturated rings.